The van der Waals surface area contributed by atoms with Gasteiger partial charge in [-0.15, -0.1) is 21.5 Å². The minimum absolute atomic E-state index is 0.0459. The van der Waals surface area contributed by atoms with E-state index in [1.54, 1.807) is 9.88 Å². The molecule has 0 unspecified atom stereocenters. The number of thiophene rings is 1. The molecular formula is C13H14F3N5O2S2. The minimum Gasteiger partial charge on any atom is -0.370 e. The molecule has 0 saturated carbocycles. The minimum atomic E-state index is -4.46. The Morgan fingerprint density at radius 2 is 2.12 bits per heavy atom. The molecule has 0 spiro atoms. The second-order valence-electron chi connectivity index (χ2n) is 4.83. The SMILES string of the molecule is NC(=O)CCn1c(SCC(=O)NCC(F)(F)F)nnc1-c1cccs1. The van der Waals surface area contributed by atoms with Crippen molar-refractivity contribution in [2.24, 2.45) is 5.73 Å². The van der Waals surface area contributed by atoms with Crippen LogP contribution in [0, 0.1) is 0 Å². The number of carbonyl (C=O) groups excluding carboxylic acids is 2. The van der Waals surface area contributed by atoms with Crippen molar-refractivity contribution < 1.29 is 22.8 Å². The van der Waals surface area contributed by atoms with Crippen LogP contribution >= 0.6 is 23.1 Å². The number of nitrogens with one attached hydrogen (secondary N) is 1. The van der Waals surface area contributed by atoms with Gasteiger partial charge in [0.05, 0.1) is 10.6 Å². The van der Waals surface area contributed by atoms with E-state index in [9.17, 15) is 22.8 Å². The Kier molecular flexibility index (Phi) is 6.42. The van der Waals surface area contributed by atoms with Crippen molar-refractivity contribution in [3.63, 3.8) is 0 Å². The average Bonchev–Trinajstić information content (AvgIpc) is 3.17. The molecule has 2 heterocycles. The standard InChI is InChI=1S/C13H14F3N5O2S2/c14-13(15,16)7-18-10(23)6-25-12-20-19-11(8-2-1-5-24-8)21(12)4-3-9(17)22/h1-2,5H,3-4,6-7H2,(H2,17,22)(H,18,23). The number of amides is 2. The van der Waals surface area contributed by atoms with Gasteiger partial charge in [0, 0.05) is 13.0 Å². The van der Waals surface area contributed by atoms with Crippen molar-refractivity contribution in [1.82, 2.24) is 20.1 Å². The Morgan fingerprint density at radius 3 is 2.72 bits per heavy atom. The van der Waals surface area contributed by atoms with E-state index in [1.165, 1.54) is 11.3 Å². The van der Waals surface area contributed by atoms with Gasteiger partial charge in [0.15, 0.2) is 11.0 Å². The van der Waals surface area contributed by atoms with Gasteiger partial charge in [-0.05, 0) is 11.4 Å². The first-order valence-electron chi connectivity index (χ1n) is 6.98. The molecule has 7 nitrogen and oxygen atoms in total. The number of alkyl halides is 3. The van der Waals surface area contributed by atoms with Gasteiger partial charge in [-0.3, -0.25) is 9.59 Å². The van der Waals surface area contributed by atoms with E-state index in [0.717, 1.165) is 16.6 Å². The monoisotopic (exact) mass is 393 g/mol. The first kappa shape index (κ1) is 19.2. The van der Waals surface area contributed by atoms with Crippen LogP contribution in [0.25, 0.3) is 10.7 Å². The highest BCUT2D eigenvalue weighted by Crippen LogP contribution is 2.27. The van der Waals surface area contributed by atoms with E-state index >= 15 is 0 Å². The smallest absolute Gasteiger partial charge is 0.370 e. The van der Waals surface area contributed by atoms with Crippen LogP contribution in [0.1, 0.15) is 6.42 Å². The first-order chi connectivity index (χ1) is 11.8. The molecule has 0 radical (unpaired) electrons. The van der Waals surface area contributed by atoms with Gasteiger partial charge in [0.1, 0.15) is 6.54 Å². The quantitative estimate of drug-likeness (QED) is 0.664. The fourth-order valence-corrected chi connectivity index (χ4v) is 3.30. The number of carbonyl (C=O) groups is 2. The lowest BCUT2D eigenvalue weighted by atomic mass is 10.4. The zero-order valence-electron chi connectivity index (χ0n) is 12.7. The number of aromatic nitrogens is 3. The molecule has 136 valence electrons. The number of rotatable bonds is 8. The second kappa shape index (κ2) is 8.34. The predicted octanol–water partition coefficient (Wildman–Crippen LogP) is 1.65. The highest BCUT2D eigenvalue weighted by molar-refractivity contribution is 7.99. The maximum atomic E-state index is 12.1. The highest BCUT2D eigenvalue weighted by Gasteiger charge is 2.27. The van der Waals surface area contributed by atoms with Crippen molar-refractivity contribution in [3.05, 3.63) is 17.5 Å². The fourth-order valence-electron chi connectivity index (χ4n) is 1.79. The zero-order valence-corrected chi connectivity index (χ0v) is 14.4. The lowest BCUT2D eigenvalue weighted by Gasteiger charge is -2.09. The Hall–Kier alpha value is -2.08. The third-order valence-electron chi connectivity index (χ3n) is 2.86. The molecule has 0 bridgehead atoms. The number of thioether (sulfide) groups is 1. The molecule has 3 N–H and O–H groups in total. The van der Waals surface area contributed by atoms with E-state index < -0.39 is 24.5 Å². The normalized spacial score (nSPS) is 11.5. The van der Waals surface area contributed by atoms with Crippen LogP contribution < -0.4 is 11.1 Å². The molecular weight excluding hydrogens is 379 g/mol. The lowest BCUT2D eigenvalue weighted by molar-refractivity contribution is -0.136. The second-order valence-corrected chi connectivity index (χ2v) is 6.72. The van der Waals surface area contributed by atoms with Crippen LogP contribution in [0.4, 0.5) is 13.2 Å². The summed E-state index contributed by atoms with van der Waals surface area (Å²) in [6.45, 7) is -1.18. The summed E-state index contributed by atoms with van der Waals surface area (Å²) in [6, 6.07) is 3.64. The third kappa shape index (κ3) is 6.05. The van der Waals surface area contributed by atoms with Gasteiger partial charge >= 0.3 is 6.18 Å². The maximum Gasteiger partial charge on any atom is 0.405 e. The Balaban J connectivity index is 2.06. The van der Waals surface area contributed by atoms with Crippen LogP contribution in [0.2, 0.25) is 0 Å². The largest absolute Gasteiger partial charge is 0.405 e. The molecule has 2 amide bonds. The molecule has 0 atom stereocenters. The van der Waals surface area contributed by atoms with Crippen LogP contribution in [-0.2, 0) is 16.1 Å². The fraction of sp³-hybridized carbons (Fsp3) is 0.385. The van der Waals surface area contributed by atoms with E-state index in [4.69, 9.17) is 5.73 Å². The van der Waals surface area contributed by atoms with Crippen LogP contribution in [-0.4, -0.2) is 45.1 Å². The number of nitrogens with zero attached hydrogens (tertiary/aromatic N) is 3. The third-order valence-corrected chi connectivity index (χ3v) is 4.69. The maximum absolute atomic E-state index is 12.1. The Labute approximate surface area is 148 Å². The highest BCUT2D eigenvalue weighted by atomic mass is 32.2. The van der Waals surface area contributed by atoms with Crippen LogP contribution in [0.3, 0.4) is 0 Å². The predicted molar refractivity (Wildman–Crippen MR) is 86.9 cm³/mol. The summed E-state index contributed by atoms with van der Waals surface area (Å²) in [6.07, 6.45) is -4.42. The zero-order chi connectivity index (χ0) is 18.4. The average molecular weight is 393 g/mol. The summed E-state index contributed by atoms with van der Waals surface area (Å²) < 4.78 is 37.9. The molecule has 0 aliphatic carbocycles. The number of nitrogens with two attached hydrogens (primary N) is 1. The van der Waals surface area contributed by atoms with E-state index in [2.05, 4.69) is 10.2 Å². The molecule has 2 rings (SSSR count). The molecule has 0 saturated heterocycles. The molecule has 0 fully saturated rings. The van der Waals surface area contributed by atoms with Gasteiger partial charge in [-0.25, -0.2) is 0 Å². The summed E-state index contributed by atoms with van der Waals surface area (Å²) in [4.78, 5) is 23.4. The van der Waals surface area contributed by atoms with E-state index in [1.807, 2.05) is 17.5 Å². The molecule has 2 aromatic heterocycles. The van der Waals surface area contributed by atoms with Gasteiger partial charge in [-0.1, -0.05) is 17.8 Å². The molecule has 2 aromatic rings. The van der Waals surface area contributed by atoms with Crippen molar-refractivity contribution >= 4 is 34.9 Å². The van der Waals surface area contributed by atoms with E-state index in [-0.39, 0.29) is 18.7 Å². The number of hydrogen-bond acceptors (Lipinski definition) is 6. The molecule has 0 aliphatic heterocycles. The van der Waals surface area contributed by atoms with Crippen molar-refractivity contribution in [2.45, 2.75) is 24.3 Å². The molecule has 0 aliphatic rings. The lowest BCUT2D eigenvalue weighted by Crippen LogP contribution is -2.34. The van der Waals surface area contributed by atoms with Crippen molar-refractivity contribution in [1.29, 1.82) is 0 Å². The summed E-state index contributed by atoms with van der Waals surface area (Å²) in [5, 5.41) is 12.0. The van der Waals surface area contributed by atoms with Gasteiger partial charge in [0.2, 0.25) is 11.8 Å². The van der Waals surface area contributed by atoms with Crippen LogP contribution in [0.15, 0.2) is 22.7 Å². The Morgan fingerprint density at radius 1 is 1.36 bits per heavy atom. The van der Waals surface area contributed by atoms with E-state index in [0.29, 0.717) is 11.0 Å². The van der Waals surface area contributed by atoms with Gasteiger partial charge < -0.3 is 15.6 Å². The van der Waals surface area contributed by atoms with Crippen LogP contribution in [0.5, 0.6) is 0 Å². The van der Waals surface area contributed by atoms with Crippen molar-refractivity contribution in [3.8, 4) is 10.7 Å². The molecule has 25 heavy (non-hydrogen) atoms. The summed E-state index contributed by atoms with van der Waals surface area (Å²) in [7, 11) is 0. The summed E-state index contributed by atoms with van der Waals surface area (Å²) in [5.41, 5.74) is 5.16. The number of hydrogen-bond donors (Lipinski definition) is 2. The molecule has 12 heteroatoms. The molecule has 0 aromatic carbocycles. The first-order valence-corrected chi connectivity index (χ1v) is 8.84. The Bertz CT molecular complexity index is 731. The number of halogens is 3. The topological polar surface area (TPSA) is 103 Å². The van der Waals surface area contributed by atoms with Gasteiger partial charge in [-0.2, -0.15) is 13.2 Å². The summed E-state index contributed by atoms with van der Waals surface area (Å²) >= 11 is 2.36. The van der Waals surface area contributed by atoms with Crippen molar-refractivity contribution in [2.75, 3.05) is 12.3 Å². The van der Waals surface area contributed by atoms with Gasteiger partial charge in [0.25, 0.3) is 0 Å². The summed E-state index contributed by atoms with van der Waals surface area (Å²) in [5.74, 6) is -1.03. The number of primary amides is 1.